The molecule has 0 aliphatic rings. The minimum atomic E-state index is -0.101. The molecule has 0 unspecified atom stereocenters. The van der Waals surface area contributed by atoms with E-state index in [1.807, 2.05) is 42.5 Å². The van der Waals surface area contributed by atoms with Gasteiger partial charge in [-0.25, -0.2) is 0 Å². The Kier molecular flexibility index (Phi) is 7.69. The summed E-state index contributed by atoms with van der Waals surface area (Å²) < 4.78 is 7.41. The number of nitrogens with one attached hydrogen (secondary N) is 1. The van der Waals surface area contributed by atoms with E-state index in [0.29, 0.717) is 11.4 Å². The lowest BCUT2D eigenvalue weighted by Crippen LogP contribution is -2.15. The van der Waals surface area contributed by atoms with Crippen LogP contribution in [0.1, 0.15) is 24.7 Å². The number of anilines is 1. The maximum atomic E-state index is 12.4. The van der Waals surface area contributed by atoms with Crippen molar-refractivity contribution in [1.82, 2.24) is 14.8 Å². The van der Waals surface area contributed by atoms with Gasteiger partial charge in [-0.3, -0.25) is 4.79 Å². The van der Waals surface area contributed by atoms with E-state index in [1.165, 1.54) is 17.3 Å². The Morgan fingerprint density at radius 1 is 1.07 bits per heavy atom. The van der Waals surface area contributed by atoms with E-state index < -0.39 is 0 Å². The Balaban J connectivity index is 1.61. The predicted molar refractivity (Wildman–Crippen MR) is 117 cm³/mol. The number of thioether (sulfide) groups is 1. The topological polar surface area (TPSA) is 69.0 Å². The first-order valence-corrected chi connectivity index (χ1v) is 10.7. The standard InChI is InChI=1S/C22H26N4O2S/c1-3-15-26-20(14-13-17-9-5-4-6-10-17)24-25-22(26)29-16-21(27)23-18-11-7-8-12-19(18)28-2/h4-12H,3,13-16H2,1-2H3,(H,23,27). The van der Waals surface area contributed by atoms with Gasteiger partial charge in [0.25, 0.3) is 0 Å². The van der Waals surface area contributed by atoms with Crippen molar-refractivity contribution in [2.75, 3.05) is 18.2 Å². The molecule has 0 radical (unpaired) electrons. The highest BCUT2D eigenvalue weighted by Gasteiger charge is 2.14. The molecule has 0 saturated heterocycles. The maximum absolute atomic E-state index is 12.4. The third-order valence-electron chi connectivity index (χ3n) is 4.43. The van der Waals surface area contributed by atoms with Crippen molar-refractivity contribution in [2.45, 2.75) is 37.9 Å². The second-order valence-electron chi connectivity index (χ2n) is 6.57. The minimum Gasteiger partial charge on any atom is -0.495 e. The van der Waals surface area contributed by atoms with Gasteiger partial charge in [0.1, 0.15) is 11.6 Å². The highest BCUT2D eigenvalue weighted by molar-refractivity contribution is 7.99. The molecule has 6 nitrogen and oxygen atoms in total. The second kappa shape index (κ2) is 10.7. The summed E-state index contributed by atoms with van der Waals surface area (Å²) in [5.74, 6) is 1.77. The molecule has 0 atom stereocenters. The minimum absolute atomic E-state index is 0.101. The molecule has 2 aromatic carbocycles. The van der Waals surface area contributed by atoms with Gasteiger partial charge in [-0.05, 0) is 30.5 Å². The van der Waals surface area contributed by atoms with Crippen molar-refractivity contribution in [3.63, 3.8) is 0 Å². The normalized spacial score (nSPS) is 10.7. The average molecular weight is 411 g/mol. The third-order valence-corrected chi connectivity index (χ3v) is 5.40. The van der Waals surface area contributed by atoms with E-state index in [4.69, 9.17) is 4.74 Å². The Labute approximate surface area is 175 Å². The molecule has 3 rings (SSSR count). The van der Waals surface area contributed by atoms with Crippen molar-refractivity contribution in [3.05, 3.63) is 66.0 Å². The lowest BCUT2D eigenvalue weighted by molar-refractivity contribution is -0.113. The zero-order chi connectivity index (χ0) is 20.5. The number of nitrogens with zero attached hydrogens (tertiary/aromatic N) is 3. The van der Waals surface area contributed by atoms with E-state index in [1.54, 1.807) is 7.11 Å². The van der Waals surface area contributed by atoms with Crippen LogP contribution in [0.2, 0.25) is 0 Å². The first kappa shape index (κ1) is 20.9. The van der Waals surface area contributed by atoms with Crippen LogP contribution in [0, 0.1) is 0 Å². The summed E-state index contributed by atoms with van der Waals surface area (Å²) in [6.07, 6.45) is 2.73. The number of aryl methyl sites for hydroxylation is 2. The van der Waals surface area contributed by atoms with Crippen LogP contribution in [0.5, 0.6) is 5.75 Å². The molecule has 0 spiro atoms. The molecule has 7 heteroatoms. The maximum Gasteiger partial charge on any atom is 0.234 e. The largest absolute Gasteiger partial charge is 0.495 e. The van der Waals surface area contributed by atoms with Crippen molar-refractivity contribution in [2.24, 2.45) is 0 Å². The van der Waals surface area contributed by atoms with Gasteiger partial charge in [0.15, 0.2) is 5.16 Å². The SMILES string of the molecule is CCCn1c(CCc2ccccc2)nnc1SCC(=O)Nc1ccccc1OC. The summed E-state index contributed by atoms with van der Waals surface area (Å²) in [5.41, 5.74) is 1.95. The molecule has 0 aliphatic heterocycles. The number of hydrogen-bond donors (Lipinski definition) is 1. The van der Waals surface area contributed by atoms with E-state index in [2.05, 4.69) is 39.1 Å². The van der Waals surface area contributed by atoms with Crippen LogP contribution < -0.4 is 10.1 Å². The fourth-order valence-electron chi connectivity index (χ4n) is 3.02. The molecular formula is C22H26N4O2S. The predicted octanol–water partition coefficient (Wildman–Crippen LogP) is 4.21. The van der Waals surface area contributed by atoms with Crippen LogP contribution in [0.25, 0.3) is 0 Å². The summed E-state index contributed by atoms with van der Waals surface area (Å²) in [4.78, 5) is 12.4. The summed E-state index contributed by atoms with van der Waals surface area (Å²) in [6, 6.07) is 17.7. The summed E-state index contributed by atoms with van der Waals surface area (Å²) >= 11 is 1.41. The highest BCUT2D eigenvalue weighted by atomic mass is 32.2. The lowest BCUT2D eigenvalue weighted by atomic mass is 10.1. The van der Waals surface area contributed by atoms with Crippen LogP contribution in [0.3, 0.4) is 0 Å². The van der Waals surface area contributed by atoms with E-state index >= 15 is 0 Å². The van der Waals surface area contributed by atoms with Crippen LogP contribution in [-0.2, 0) is 24.2 Å². The van der Waals surface area contributed by atoms with Gasteiger partial charge in [-0.2, -0.15) is 0 Å². The first-order valence-electron chi connectivity index (χ1n) is 9.73. The number of carbonyl (C=O) groups excluding carboxylic acids is 1. The molecule has 1 amide bonds. The van der Waals surface area contributed by atoms with Gasteiger partial charge in [-0.1, -0.05) is 61.2 Å². The Hall–Kier alpha value is -2.80. The zero-order valence-corrected chi connectivity index (χ0v) is 17.6. The fourth-order valence-corrected chi connectivity index (χ4v) is 3.81. The second-order valence-corrected chi connectivity index (χ2v) is 7.52. The quantitative estimate of drug-likeness (QED) is 0.507. The highest BCUT2D eigenvalue weighted by Crippen LogP contribution is 2.24. The van der Waals surface area contributed by atoms with Gasteiger partial charge in [0.05, 0.1) is 18.6 Å². The van der Waals surface area contributed by atoms with Crippen LogP contribution >= 0.6 is 11.8 Å². The number of aromatic nitrogens is 3. The van der Waals surface area contributed by atoms with Gasteiger partial charge < -0.3 is 14.6 Å². The van der Waals surface area contributed by atoms with Crippen molar-refractivity contribution in [1.29, 1.82) is 0 Å². The Morgan fingerprint density at radius 2 is 1.83 bits per heavy atom. The summed E-state index contributed by atoms with van der Waals surface area (Å²) in [5, 5.41) is 12.4. The third kappa shape index (κ3) is 5.84. The van der Waals surface area contributed by atoms with Crippen molar-refractivity contribution >= 4 is 23.4 Å². The van der Waals surface area contributed by atoms with Gasteiger partial charge in [-0.15, -0.1) is 10.2 Å². The number of amides is 1. The average Bonchev–Trinajstić information content (AvgIpc) is 3.14. The number of carbonyl (C=O) groups is 1. The van der Waals surface area contributed by atoms with E-state index in [0.717, 1.165) is 36.8 Å². The van der Waals surface area contributed by atoms with Crippen LogP contribution in [-0.4, -0.2) is 33.5 Å². The van der Waals surface area contributed by atoms with Crippen LogP contribution in [0.4, 0.5) is 5.69 Å². The molecular weight excluding hydrogens is 384 g/mol. The molecule has 0 saturated carbocycles. The number of benzene rings is 2. The zero-order valence-electron chi connectivity index (χ0n) is 16.8. The Morgan fingerprint density at radius 3 is 2.59 bits per heavy atom. The molecule has 0 aliphatic carbocycles. The van der Waals surface area contributed by atoms with Crippen molar-refractivity contribution < 1.29 is 9.53 Å². The van der Waals surface area contributed by atoms with E-state index in [-0.39, 0.29) is 11.7 Å². The summed E-state index contributed by atoms with van der Waals surface area (Å²) in [6.45, 7) is 2.97. The molecule has 1 N–H and O–H groups in total. The monoisotopic (exact) mass is 410 g/mol. The van der Waals surface area contributed by atoms with Crippen LogP contribution in [0.15, 0.2) is 59.8 Å². The molecule has 1 aromatic heterocycles. The van der Waals surface area contributed by atoms with E-state index in [9.17, 15) is 4.79 Å². The summed E-state index contributed by atoms with van der Waals surface area (Å²) in [7, 11) is 1.59. The van der Waals surface area contributed by atoms with Gasteiger partial charge in [0, 0.05) is 13.0 Å². The number of hydrogen-bond acceptors (Lipinski definition) is 5. The number of para-hydroxylation sites is 2. The lowest BCUT2D eigenvalue weighted by Gasteiger charge is -2.10. The molecule has 152 valence electrons. The number of ether oxygens (including phenoxy) is 1. The van der Waals surface area contributed by atoms with Gasteiger partial charge >= 0.3 is 0 Å². The Bertz CT molecular complexity index is 928. The molecule has 29 heavy (non-hydrogen) atoms. The fraction of sp³-hybridized carbons (Fsp3) is 0.318. The molecule has 0 bridgehead atoms. The molecule has 1 heterocycles. The number of methoxy groups -OCH3 is 1. The first-order chi connectivity index (χ1) is 14.2. The molecule has 3 aromatic rings. The van der Waals surface area contributed by atoms with Crippen molar-refractivity contribution in [3.8, 4) is 5.75 Å². The smallest absolute Gasteiger partial charge is 0.234 e. The number of rotatable bonds is 10. The van der Waals surface area contributed by atoms with Gasteiger partial charge in [0.2, 0.25) is 5.91 Å². The molecule has 0 fully saturated rings.